The molecule has 1 N–H and O–H groups in total. The van der Waals surface area contributed by atoms with E-state index in [2.05, 4.69) is 25.6 Å². The van der Waals surface area contributed by atoms with Crippen LogP contribution < -0.4 is 4.72 Å². The Bertz CT molecular complexity index is 778. The fraction of sp³-hybridized carbons (Fsp3) is 0.250. The summed E-state index contributed by atoms with van der Waals surface area (Å²) in [7, 11) is -3.69. The number of hydrogen-bond acceptors (Lipinski definition) is 4. The van der Waals surface area contributed by atoms with E-state index in [9.17, 15) is 8.42 Å². The van der Waals surface area contributed by atoms with E-state index in [4.69, 9.17) is 16.3 Å². The molecule has 1 fully saturated rings. The summed E-state index contributed by atoms with van der Waals surface area (Å²) in [6.07, 6.45) is 1.28. The van der Waals surface area contributed by atoms with Gasteiger partial charge in [-0.3, -0.25) is 4.98 Å². The number of benzene rings is 1. The predicted octanol–water partition coefficient (Wildman–Crippen LogP) is 2.33. The summed E-state index contributed by atoms with van der Waals surface area (Å²) < 4.78 is 32.9. The van der Waals surface area contributed by atoms with Crippen molar-refractivity contribution in [3.63, 3.8) is 0 Å². The van der Waals surface area contributed by atoms with Gasteiger partial charge >= 0.3 is 0 Å². The Balaban J connectivity index is 2.07. The lowest BCUT2D eigenvalue weighted by atomic mass is 10.2. The predicted molar refractivity (Wildman–Crippen MR) is 79.4 cm³/mol. The molecule has 1 aliphatic rings. The van der Waals surface area contributed by atoms with Crippen LogP contribution >= 0.6 is 27.5 Å². The van der Waals surface area contributed by atoms with Gasteiger partial charge in [-0.2, -0.15) is 0 Å². The van der Waals surface area contributed by atoms with Gasteiger partial charge in [0.15, 0.2) is 0 Å². The maximum absolute atomic E-state index is 12.3. The third-order valence-corrected chi connectivity index (χ3v) is 5.53. The first-order valence-corrected chi connectivity index (χ1v) is 8.46. The molecule has 0 bridgehead atoms. The third kappa shape index (κ3) is 2.56. The lowest BCUT2D eigenvalue weighted by Gasteiger charge is -2.26. The summed E-state index contributed by atoms with van der Waals surface area (Å²) in [5, 5.41) is 0.776. The van der Waals surface area contributed by atoms with E-state index in [-0.39, 0.29) is 16.0 Å². The van der Waals surface area contributed by atoms with Crippen LogP contribution in [0.5, 0.6) is 0 Å². The second kappa shape index (κ2) is 5.23. The zero-order chi connectivity index (χ0) is 14.3. The zero-order valence-electron chi connectivity index (χ0n) is 10.1. The van der Waals surface area contributed by atoms with Gasteiger partial charge in [-0.1, -0.05) is 33.6 Å². The molecule has 1 aromatic carbocycles. The average molecular weight is 378 g/mol. The lowest BCUT2D eigenvalue weighted by Crippen LogP contribution is -2.48. The molecule has 8 heteroatoms. The van der Waals surface area contributed by atoms with Crippen molar-refractivity contribution in [2.24, 2.45) is 0 Å². The monoisotopic (exact) mass is 376 g/mol. The van der Waals surface area contributed by atoms with Gasteiger partial charge in [0.05, 0.1) is 29.8 Å². The SMILES string of the molecule is O=S(=O)(NC1COC1)c1cnc2cc(Br)ccc2c1Cl. The van der Waals surface area contributed by atoms with Gasteiger partial charge < -0.3 is 4.74 Å². The largest absolute Gasteiger partial charge is 0.378 e. The number of aromatic nitrogens is 1. The Kier molecular flexibility index (Phi) is 3.72. The van der Waals surface area contributed by atoms with Crippen LogP contribution in [0.25, 0.3) is 10.9 Å². The fourth-order valence-corrected chi connectivity index (χ4v) is 3.99. The Morgan fingerprint density at radius 1 is 1.40 bits per heavy atom. The molecule has 0 spiro atoms. The van der Waals surface area contributed by atoms with Crippen LogP contribution in [0, 0.1) is 0 Å². The molecule has 1 aromatic heterocycles. The number of halogens is 2. The first-order chi connectivity index (χ1) is 9.47. The second-order valence-corrected chi connectivity index (χ2v) is 7.43. The number of fused-ring (bicyclic) bond motifs is 1. The Labute approximate surface area is 129 Å². The standard InChI is InChI=1S/C12H10BrClN2O3S/c13-7-1-2-9-10(3-7)15-4-11(12(9)14)20(17,18)16-8-5-19-6-8/h1-4,8,16H,5-6H2. The zero-order valence-corrected chi connectivity index (χ0v) is 13.3. The molecule has 3 rings (SSSR count). The van der Waals surface area contributed by atoms with E-state index in [1.807, 2.05) is 0 Å². The van der Waals surface area contributed by atoms with Crippen molar-refractivity contribution in [2.45, 2.75) is 10.9 Å². The number of hydrogen-bond donors (Lipinski definition) is 1. The molecular weight excluding hydrogens is 368 g/mol. The number of sulfonamides is 1. The molecule has 1 saturated heterocycles. The highest BCUT2D eigenvalue weighted by Gasteiger charge is 2.28. The van der Waals surface area contributed by atoms with Gasteiger partial charge in [-0.15, -0.1) is 0 Å². The van der Waals surface area contributed by atoms with Gasteiger partial charge in [0, 0.05) is 16.1 Å². The van der Waals surface area contributed by atoms with E-state index >= 15 is 0 Å². The van der Waals surface area contributed by atoms with Crippen LogP contribution in [-0.2, 0) is 14.8 Å². The van der Waals surface area contributed by atoms with E-state index in [0.29, 0.717) is 24.1 Å². The minimum absolute atomic E-state index is 0.0131. The van der Waals surface area contributed by atoms with Gasteiger partial charge in [0.2, 0.25) is 10.0 Å². The van der Waals surface area contributed by atoms with Gasteiger partial charge in [-0.25, -0.2) is 13.1 Å². The summed E-state index contributed by atoms with van der Waals surface area (Å²) in [4.78, 5) is 4.14. The van der Waals surface area contributed by atoms with Gasteiger partial charge in [0.1, 0.15) is 4.90 Å². The first kappa shape index (κ1) is 14.2. The molecule has 2 aromatic rings. The van der Waals surface area contributed by atoms with Gasteiger partial charge in [-0.05, 0) is 12.1 Å². The molecule has 0 saturated carbocycles. The van der Waals surface area contributed by atoms with Crippen LogP contribution in [0.1, 0.15) is 0 Å². The van der Waals surface area contributed by atoms with Gasteiger partial charge in [0.25, 0.3) is 0 Å². The average Bonchev–Trinajstić information content (AvgIpc) is 2.34. The maximum atomic E-state index is 12.3. The molecular formula is C12H10BrClN2O3S. The topological polar surface area (TPSA) is 68.3 Å². The van der Waals surface area contributed by atoms with Crippen LogP contribution in [0.2, 0.25) is 5.02 Å². The lowest BCUT2D eigenvalue weighted by molar-refractivity contribution is 0.00482. The maximum Gasteiger partial charge on any atom is 0.244 e. The fourth-order valence-electron chi connectivity index (χ4n) is 1.89. The van der Waals surface area contributed by atoms with Crippen LogP contribution in [0.15, 0.2) is 33.8 Å². The number of ether oxygens (including phenoxy) is 1. The highest BCUT2D eigenvalue weighted by atomic mass is 79.9. The summed E-state index contributed by atoms with van der Waals surface area (Å²) in [6.45, 7) is 0.760. The van der Waals surface area contributed by atoms with Crippen molar-refractivity contribution >= 4 is 48.5 Å². The number of pyridine rings is 1. The third-order valence-electron chi connectivity index (χ3n) is 2.98. The molecule has 0 atom stereocenters. The summed E-state index contributed by atoms with van der Waals surface area (Å²) in [5.74, 6) is 0. The summed E-state index contributed by atoms with van der Waals surface area (Å²) in [5.41, 5.74) is 0.635. The number of nitrogens with one attached hydrogen (secondary N) is 1. The molecule has 5 nitrogen and oxygen atoms in total. The second-order valence-electron chi connectivity index (χ2n) is 4.45. The molecule has 20 heavy (non-hydrogen) atoms. The Morgan fingerprint density at radius 3 is 2.80 bits per heavy atom. The van der Waals surface area contributed by atoms with E-state index in [0.717, 1.165) is 4.47 Å². The smallest absolute Gasteiger partial charge is 0.244 e. The summed E-state index contributed by atoms with van der Waals surface area (Å²) >= 11 is 9.55. The Morgan fingerprint density at radius 2 is 2.15 bits per heavy atom. The van der Waals surface area contributed by atoms with Crippen LogP contribution in [0.4, 0.5) is 0 Å². The highest BCUT2D eigenvalue weighted by Crippen LogP contribution is 2.30. The van der Waals surface area contributed by atoms with E-state index in [1.54, 1.807) is 18.2 Å². The molecule has 1 aliphatic heterocycles. The molecule has 0 unspecified atom stereocenters. The molecule has 0 radical (unpaired) electrons. The van der Waals surface area contributed by atoms with Crippen molar-refractivity contribution < 1.29 is 13.2 Å². The highest BCUT2D eigenvalue weighted by molar-refractivity contribution is 9.10. The van der Waals surface area contributed by atoms with Crippen molar-refractivity contribution in [1.29, 1.82) is 0 Å². The first-order valence-electron chi connectivity index (χ1n) is 5.81. The minimum Gasteiger partial charge on any atom is -0.378 e. The quantitative estimate of drug-likeness (QED) is 0.891. The normalized spacial score (nSPS) is 16.3. The van der Waals surface area contributed by atoms with Crippen molar-refractivity contribution in [3.8, 4) is 0 Å². The van der Waals surface area contributed by atoms with E-state index in [1.165, 1.54) is 6.20 Å². The van der Waals surface area contributed by atoms with Crippen molar-refractivity contribution in [1.82, 2.24) is 9.71 Å². The number of rotatable bonds is 3. The van der Waals surface area contributed by atoms with Crippen LogP contribution in [0.3, 0.4) is 0 Å². The van der Waals surface area contributed by atoms with E-state index < -0.39 is 10.0 Å². The summed E-state index contributed by atoms with van der Waals surface area (Å²) in [6, 6.07) is 5.11. The van der Waals surface area contributed by atoms with Crippen molar-refractivity contribution in [3.05, 3.63) is 33.9 Å². The molecule has 0 amide bonds. The Hall–Kier alpha value is -0.730. The minimum atomic E-state index is -3.69. The molecule has 106 valence electrons. The van der Waals surface area contributed by atoms with Crippen LogP contribution in [-0.4, -0.2) is 32.7 Å². The number of nitrogens with zero attached hydrogens (tertiary/aromatic N) is 1. The van der Waals surface area contributed by atoms with Crippen molar-refractivity contribution in [2.75, 3.05) is 13.2 Å². The molecule has 2 heterocycles. The molecule has 0 aliphatic carbocycles.